The summed E-state index contributed by atoms with van der Waals surface area (Å²) in [5, 5.41) is 12.7. The van der Waals surface area contributed by atoms with Crippen LogP contribution in [0.25, 0.3) is 32.8 Å². The zero-order chi connectivity index (χ0) is 19.1. The van der Waals surface area contributed by atoms with Gasteiger partial charge >= 0.3 is 0 Å². The third-order valence-electron chi connectivity index (χ3n) is 4.28. The average Bonchev–Trinajstić information content (AvgIpc) is 3.42. The summed E-state index contributed by atoms with van der Waals surface area (Å²) in [5.74, 6) is 1.89. The van der Waals surface area contributed by atoms with Crippen LogP contribution in [0.2, 0.25) is 0 Å². The first-order chi connectivity index (χ1) is 13.7. The molecule has 0 bridgehead atoms. The highest BCUT2D eigenvalue weighted by Crippen LogP contribution is 2.40. The van der Waals surface area contributed by atoms with E-state index in [1.54, 1.807) is 17.6 Å². The van der Waals surface area contributed by atoms with Gasteiger partial charge in [0.25, 0.3) is 11.1 Å². The van der Waals surface area contributed by atoms with Gasteiger partial charge in [0.2, 0.25) is 0 Å². The Morgan fingerprint density at radius 1 is 0.964 bits per heavy atom. The molecule has 4 heterocycles. The third kappa shape index (κ3) is 3.00. The van der Waals surface area contributed by atoms with Gasteiger partial charge in [-0.15, -0.1) is 21.5 Å². The molecule has 8 heteroatoms. The van der Waals surface area contributed by atoms with Crippen molar-refractivity contribution < 1.29 is 8.83 Å². The second-order valence-electron chi connectivity index (χ2n) is 6.14. The average molecular weight is 406 g/mol. The monoisotopic (exact) mass is 406 g/mol. The van der Waals surface area contributed by atoms with E-state index in [0.717, 1.165) is 37.7 Å². The summed E-state index contributed by atoms with van der Waals surface area (Å²) in [6.45, 7) is 3.75. The molecule has 0 aliphatic heterocycles. The zero-order valence-electron chi connectivity index (χ0n) is 15.0. The van der Waals surface area contributed by atoms with Crippen LogP contribution in [-0.2, 0) is 0 Å². The number of thiophene rings is 1. The predicted molar refractivity (Wildman–Crippen MR) is 108 cm³/mol. The molecule has 0 saturated heterocycles. The van der Waals surface area contributed by atoms with Gasteiger partial charge in [-0.05, 0) is 37.2 Å². The van der Waals surface area contributed by atoms with Crippen LogP contribution in [0.1, 0.15) is 11.6 Å². The summed E-state index contributed by atoms with van der Waals surface area (Å²) in [6.07, 6.45) is 1.61. The second-order valence-corrected chi connectivity index (χ2v) is 7.94. The number of hydrogen-bond acceptors (Lipinski definition) is 8. The molecule has 0 aliphatic carbocycles. The van der Waals surface area contributed by atoms with E-state index < -0.39 is 0 Å². The molecule has 5 aromatic rings. The maximum Gasteiger partial charge on any atom is 0.283 e. The van der Waals surface area contributed by atoms with Crippen LogP contribution in [0, 0.1) is 13.8 Å². The van der Waals surface area contributed by atoms with E-state index in [9.17, 15) is 0 Å². The number of benzene rings is 1. The molecule has 0 amide bonds. The van der Waals surface area contributed by atoms with Crippen molar-refractivity contribution >= 4 is 33.3 Å². The quantitative estimate of drug-likeness (QED) is 0.351. The molecule has 1 aromatic carbocycles. The summed E-state index contributed by atoms with van der Waals surface area (Å²) >= 11 is 2.96. The number of nitrogens with zero attached hydrogens (tertiary/aromatic N) is 4. The van der Waals surface area contributed by atoms with Gasteiger partial charge in [0, 0.05) is 10.9 Å². The minimum absolute atomic E-state index is 0.431. The van der Waals surface area contributed by atoms with Gasteiger partial charge in [-0.3, -0.25) is 0 Å². The minimum Gasteiger partial charge on any atom is -0.469 e. The van der Waals surface area contributed by atoms with Crippen LogP contribution in [0.4, 0.5) is 0 Å². The molecule has 0 fully saturated rings. The fraction of sp³-hybridized carbons (Fsp3) is 0.100. The lowest BCUT2D eigenvalue weighted by atomic mass is 10.1. The van der Waals surface area contributed by atoms with E-state index in [0.29, 0.717) is 16.9 Å². The van der Waals surface area contributed by atoms with Crippen molar-refractivity contribution in [3.05, 3.63) is 59.6 Å². The van der Waals surface area contributed by atoms with Gasteiger partial charge in [0.05, 0.1) is 17.2 Å². The number of hydrogen-bond donors (Lipinski definition) is 0. The first-order valence-electron chi connectivity index (χ1n) is 8.56. The molecule has 0 unspecified atom stereocenters. The van der Waals surface area contributed by atoms with Crippen LogP contribution < -0.4 is 0 Å². The number of aromatic nitrogens is 4. The highest BCUT2D eigenvalue weighted by molar-refractivity contribution is 7.99. The highest BCUT2D eigenvalue weighted by atomic mass is 32.2. The van der Waals surface area contributed by atoms with Gasteiger partial charge < -0.3 is 8.83 Å². The van der Waals surface area contributed by atoms with Crippen molar-refractivity contribution in [2.45, 2.75) is 24.1 Å². The summed E-state index contributed by atoms with van der Waals surface area (Å²) in [5.41, 5.74) is 3.03. The minimum atomic E-state index is 0.431. The lowest BCUT2D eigenvalue weighted by Gasteiger charge is -2.04. The molecule has 0 N–H and O–H groups in total. The SMILES string of the molecule is Cc1nc(Sc2nnc(-c3ccoc3C)o2)c2c(-c3ccccc3)csc2n1. The molecule has 138 valence electrons. The Labute approximate surface area is 168 Å². The third-order valence-corrected chi connectivity index (χ3v) is 5.98. The van der Waals surface area contributed by atoms with Gasteiger partial charge in [-0.25, -0.2) is 9.97 Å². The van der Waals surface area contributed by atoms with E-state index >= 15 is 0 Å². The van der Waals surface area contributed by atoms with Gasteiger partial charge in [0.15, 0.2) is 0 Å². The maximum absolute atomic E-state index is 5.85. The molecule has 0 aliphatic rings. The number of fused-ring (bicyclic) bond motifs is 1. The highest BCUT2D eigenvalue weighted by Gasteiger charge is 2.19. The normalized spacial score (nSPS) is 11.4. The van der Waals surface area contributed by atoms with Crippen molar-refractivity contribution in [3.63, 3.8) is 0 Å². The maximum atomic E-state index is 5.85. The van der Waals surface area contributed by atoms with Crippen LogP contribution in [0.3, 0.4) is 0 Å². The Bertz CT molecular complexity index is 1270. The van der Waals surface area contributed by atoms with Crippen LogP contribution >= 0.6 is 23.1 Å². The molecular weight excluding hydrogens is 392 g/mol. The summed E-state index contributed by atoms with van der Waals surface area (Å²) in [4.78, 5) is 10.2. The van der Waals surface area contributed by atoms with Gasteiger partial charge in [-0.1, -0.05) is 30.3 Å². The number of furan rings is 1. The lowest BCUT2D eigenvalue weighted by Crippen LogP contribution is -1.91. The van der Waals surface area contributed by atoms with E-state index in [4.69, 9.17) is 8.83 Å². The van der Waals surface area contributed by atoms with Crippen LogP contribution in [-0.4, -0.2) is 20.2 Å². The molecule has 0 atom stereocenters. The fourth-order valence-electron chi connectivity index (χ4n) is 2.96. The van der Waals surface area contributed by atoms with Crippen LogP contribution in [0.5, 0.6) is 0 Å². The first-order valence-corrected chi connectivity index (χ1v) is 10.3. The van der Waals surface area contributed by atoms with Gasteiger partial charge in [0.1, 0.15) is 21.4 Å². The standard InChI is InChI=1S/C20H14N4O2S2/c1-11-14(8-9-25-11)17-23-24-20(26-17)28-19-16-15(13-6-4-3-5-7-13)10-27-18(16)21-12(2)22-19/h3-10H,1-2H3. The number of aryl methyl sites for hydroxylation is 2. The Morgan fingerprint density at radius 2 is 1.82 bits per heavy atom. The Kier molecular flexibility index (Phi) is 4.22. The Morgan fingerprint density at radius 3 is 2.61 bits per heavy atom. The zero-order valence-corrected chi connectivity index (χ0v) is 16.7. The topological polar surface area (TPSA) is 77.8 Å². The molecule has 0 spiro atoms. The molecule has 0 saturated carbocycles. The van der Waals surface area contributed by atoms with Crippen molar-refractivity contribution in [3.8, 4) is 22.6 Å². The van der Waals surface area contributed by atoms with Gasteiger partial charge in [-0.2, -0.15) is 0 Å². The van der Waals surface area contributed by atoms with E-state index in [2.05, 4.69) is 37.7 Å². The van der Waals surface area contributed by atoms with Crippen molar-refractivity contribution in [2.75, 3.05) is 0 Å². The summed E-state index contributed by atoms with van der Waals surface area (Å²) in [6, 6.07) is 12.0. The fourth-order valence-corrected chi connectivity index (χ4v) is 4.88. The smallest absolute Gasteiger partial charge is 0.283 e. The Balaban J connectivity index is 1.59. The predicted octanol–water partition coefficient (Wildman–Crippen LogP) is 5.77. The largest absolute Gasteiger partial charge is 0.469 e. The Hall–Kier alpha value is -2.97. The van der Waals surface area contributed by atoms with Crippen molar-refractivity contribution in [1.82, 2.24) is 20.2 Å². The summed E-state index contributed by atoms with van der Waals surface area (Å²) in [7, 11) is 0. The molecule has 5 rings (SSSR count). The molecule has 4 aromatic heterocycles. The molecule has 0 radical (unpaired) electrons. The first kappa shape index (κ1) is 17.2. The van der Waals surface area contributed by atoms with E-state index in [-0.39, 0.29) is 0 Å². The van der Waals surface area contributed by atoms with E-state index in [1.807, 2.05) is 38.1 Å². The lowest BCUT2D eigenvalue weighted by molar-refractivity contribution is 0.463. The molecule has 6 nitrogen and oxygen atoms in total. The summed E-state index contributed by atoms with van der Waals surface area (Å²) < 4.78 is 11.2. The van der Waals surface area contributed by atoms with Crippen molar-refractivity contribution in [2.24, 2.45) is 0 Å². The molecule has 28 heavy (non-hydrogen) atoms. The second kappa shape index (κ2) is 6.88. The molecular formula is C20H14N4O2S2. The number of rotatable bonds is 4. The van der Waals surface area contributed by atoms with E-state index in [1.165, 1.54) is 11.8 Å². The van der Waals surface area contributed by atoms with Crippen molar-refractivity contribution in [1.29, 1.82) is 0 Å². The van der Waals surface area contributed by atoms with Crippen LogP contribution in [0.15, 0.2) is 67.1 Å².